The quantitative estimate of drug-likeness (QED) is 0.273. The van der Waals surface area contributed by atoms with Gasteiger partial charge in [0.15, 0.2) is 0 Å². The molecule has 4 amide bonds. The molecule has 0 radical (unpaired) electrons. The Morgan fingerprint density at radius 1 is 0.689 bits per heavy atom. The number of phenolic OH excluding ortho intramolecular Hbond substituents is 1. The van der Waals surface area contributed by atoms with Crippen molar-refractivity contribution >= 4 is 47.2 Å². The zero-order chi connectivity index (χ0) is 31.7. The normalized spacial score (nSPS) is 27.2. The second kappa shape index (κ2) is 10.5. The SMILES string of the molecule is C=Cc1ccc(N2C(=O)C3CC=C4C(CC5C(=O)N(c6ccc(C=C)cc6)C(=O)C5C4c4cc(C)c(O)c(C)c4)C3C2=O)cc1. The molecule has 0 aromatic heterocycles. The van der Waals surface area contributed by atoms with Gasteiger partial charge in [-0.1, -0.05) is 73.4 Å². The predicted molar refractivity (Wildman–Crippen MR) is 173 cm³/mol. The minimum absolute atomic E-state index is 0.188. The van der Waals surface area contributed by atoms with Crippen molar-refractivity contribution in [2.45, 2.75) is 32.6 Å². The number of aromatic hydroxyl groups is 1. The lowest BCUT2D eigenvalue weighted by atomic mass is 9.57. The van der Waals surface area contributed by atoms with Gasteiger partial charge in [-0.05, 0) is 84.7 Å². The summed E-state index contributed by atoms with van der Waals surface area (Å²) in [7, 11) is 0. The first-order valence-electron chi connectivity index (χ1n) is 15.3. The van der Waals surface area contributed by atoms with E-state index in [4.69, 9.17) is 0 Å². The second-order valence-corrected chi connectivity index (χ2v) is 12.6. The number of hydrogen-bond donors (Lipinski definition) is 1. The minimum Gasteiger partial charge on any atom is -0.507 e. The standard InChI is InChI=1S/C38H34N2O5/c1-5-22-7-11-25(12-8-22)39-35(42)28-16-15-27-29(32(28)37(39)44)19-30-33(31(27)24-17-20(3)34(41)21(4)18-24)38(45)40(36(30)43)26-13-9-23(6-2)10-14-26/h5-15,17-18,28-33,41H,1-2,16,19H2,3-4H3. The van der Waals surface area contributed by atoms with E-state index in [-0.39, 0.29) is 29.4 Å². The number of carbonyl (C=O) groups is 4. The van der Waals surface area contributed by atoms with Crippen LogP contribution in [0.5, 0.6) is 5.75 Å². The molecule has 3 aromatic rings. The summed E-state index contributed by atoms with van der Waals surface area (Å²) in [5.41, 5.74) is 5.87. The summed E-state index contributed by atoms with van der Waals surface area (Å²) in [5, 5.41) is 10.6. The van der Waals surface area contributed by atoms with Crippen molar-refractivity contribution < 1.29 is 24.3 Å². The van der Waals surface area contributed by atoms with Crippen molar-refractivity contribution in [1.82, 2.24) is 0 Å². The van der Waals surface area contributed by atoms with Crippen LogP contribution in [0.4, 0.5) is 11.4 Å². The van der Waals surface area contributed by atoms with Crippen LogP contribution in [-0.2, 0) is 19.2 Å². The Bertz CT molecular complexity index is 1810. The Kier molecular flexibility index (Phi) is 6.73. The molecular weight excluding hydrogens is 564 g/mol. The first-order chi connectivity index (χ1) is 21.6. The van der Waals surface area contributed by atoms with E-state index in [1.807, 2.05) is 56.3 Å². The highest BCUT2D eigenvalue weighted by Crippen LogP contribution is 2.58. The maximum Gasteiger partial charge on any atom is 0.238 e. The lowest BCUT2D eigenvalue weighted by Gasteiger charge is -2.44. The van der Waals surface area contributed by atoms with Crippen molar-refractivity contribution in [3.63, 3.8) is 0 Å². The van der Waals surface area contributed by atoms with Crippen LogP contribution >= 0.6 is 0 Å². The molecule has 4 aliphatic rings. The lowest BCUT2D eigenvalue weighted by molar-refractivity contribution is -0.126. The molecule has 0 bridgehead atoms. The van der Waals surface area contributed by atoms with Crippen LogP contribution in [0.15, 0.2) is 85.5 Å². The molecule has 1 saturated carbocycles. The van der Waals surface area contributed by atoms with Gasteiger partial charge in [0.05, 0.1) is 35.0 Å². The van der Waals surface area contributed by atoms with Gasteiger partial charge in [0.2, 0.25) is 23.6 Å². The first-order valence-corrected chi connectivity index (χ1v) is 15.3. The van der Waals surface area contributed by atoms with Gasteiger partial charge in [-0.15, -0.1) is 0 Å². The van der Waals surface area contributed by atoms with Crippen LogP contribution in [0.25, 0.3) is 12.2 Å². The third-order valence-corrected chi connectivity index (χ3v) is 10.3. The molecule has 3 aromatic carbocycles. The summed E-state index contributed by atoms with van der Waals surface area (Å²) in [6.45, 7) is 11.2. The largest absolute Gasteiger partial charge is 0.507 e. The highest BCUT2D eigenvalue weighted by Gasteiger charge is 2.62. The van der Waals surface area contributed by atoms with Gasteiger partial charge < -0.3 is 5.11 Å². The summed E-state index contributed by atoms with van der Waals surface area (Å²) in [5.74, 6) is -4.27. The number of amides is 4. The summed E-state index contributed by atoms with van der Waals surface area (Å²) >= 11 is 0. The molecule has 45 heavy (non-hydrogen) atoms. The number of phenols is 1. The third-order valence-electron chi connectivity index (χ3n) is 10.3. The van der Waals surface area contributed by atoms with Crippen LogP contribution in [-0.4, -0.2) is 28.7 Å². The number of anilines is 2. The molecule has 6 atom stereocenters. The average molecular weight is 599 g/mol. The number of hydrogen-bond acceptors (Lipinski definition) is 5. The topological polar surface area (TPSA) is 95.0 Å². The van der Waals surface area contributed by atoms with Gasteiger partial charge in [-0.25, -0.2) is 0 Å². The van der Waals surface area contributed by atoms with Gasteiger partial charge in [-0.3, -0.25) is 29.0 Å². The molecule has 7 nitrogen and oxygen atoms in total. The molecule has 1 N–H and O–H groups in total. The molecule has 226 valence electrons. The van der Waals surface area contributed by atoms with Gasteiger partial charge >= 0.3 is 0 Å². The number of rotatable bonds is 5. The predicted octanol–water partition coefficient (Wildman–Crippen LogP) is 6.34. The smallest absolute Gasteiger partial charge is 0.238 e. The summed E-state index contributed by atoms with van der Waals surface area (Å²) in [4.78, 5) is 59.1. The molecule has 3 fully saturated rings. The van der Waals surface area contributed by atoms with Crippen molar-refractivity contribution in [1.29, 1.82) is 0 Å². The van der Waals surface area contributed by atoms with Crippen LogP contribution < -0.4 is 9.80 Å². The molecule has 2 heterocycles. The molecule has 7 rings (SSSR count). The van der Waals surface area contributed by atoms with Crippen LogP contribution in [0.3, 0.4) is 0 Å². The second-order valence-electron chi connectivity index (χ2n) is 12.6. The Labute approximate surface area is 262 Å². The number of benzene rings is 3. The molecule has 2 saturated heterocycles. The first kappa shape index (κ1) is 28.7. The van der Waals surface area contributed by atoms with E-state index >= 15 is 0 Å². The van der Waals surface area contributed by atoms with Gasteiger partial charge in [0.25, 0.3) is 0 Å². The summed E-state index contributed by atoms with van der Waals surface area (Å²) in [6.07, 6.45) is 6.13. The van der Waals surface area contributed by atoms with Crippen LogP contribution in [0.2, 0.25) is 0 Å². The van der Waals surface area contributed by atoms with Crippen molar-refractivity contribution in [3.8, 4) is 5.75 Å². The van der Waals surface area contributed by atoms with E-state index in [0.717, 1.165) is 22.3 Å². The van der Waals surface area contributed by atoms with E-state index in [9.17, 15) is 24.3 Å². The van der Waals surface area contributed by atoms with Crippen LogP contribution in [0.1, 0.15) is 46.6 Å². The summed E-state index contributed by atoms with van der Waals surface area (Å²) in [6, 6.07) is 18.1. The third kappa shape index (κ3) is 4.25. The van der Waals surface area contributed by atoms with E-state index < -0.39 is 35.5 Å². The van der Waals surface area contributed by atoms with Crippen LogP contribution in [0, 0.1) is 43.4 Å². The van der Waals surface area contributed by atoms with E-state index in [1.165, 1.54) is 9.80 Å². The molecule has 7 heteroatoms. The van der Waals surface area contributed by atoms with Crippen molar-refractivity contribution in [3.05, 3.63) is 113 Å². The lowest BCUT2D eigenvalue weighted by Crippen LogP contribution is -2.43. The molecule has 2 aliphatic heterocycles. The van der Waals surface area contributed by atoms with E-state index in [2.05, 4.69) is 13.2 Å². The monoisotopic (exact) mass is 598 g/mol. The van der Waals surface area contributed by atoms with Crippen molar-refractivity contribution in [2.24, 2.45) is 29.6 Å². The fourth-order valence-electron chi connectivity index (χ4n) is 8.16. The maximum absolute atomic E-state index is 14.3. The van der Waals surface area contributed by atoms with Gasteiger partial charge in [0, 0.05) is 5.92 Å². The highest BCUT2D eigenvalue weighted by molar-refractivity contribution is 6.24. The molecule has 2 aliphatic carbocycles. The molecule has 6 unspecified atom stereocenters. The Hall–Kier alpha value is -5.04. The van der Waals surface area contributed by atoms with Gasteiger partial charge in [-0.2, -0.15) is 0 Å². The maximum atomic E-state index is 14.3. The zero-order valence-electron chi connectivity index (χ0n) is 25.3. The number of fused-ring (bicyclic) bond motifs is 4. The minimum atomic E-state index is -0.672. The highest BCUT2D eigenvalue weighted by atomic mass is 16.3. The number of carbonyl (C=O) groups excluding carboxylic acids is 4. The van der Waals surface area contributed by atoms with Gasteiger partial charge in [0.1, 0.15) is 5.75 Å². The van der Waals surface area contributed by atoms with E-state index in [0.29, 0.717) is 35.3 Å². The number of nitrogens with zero attached hydrogens (tertiary/aromatic N) is 2. The number of allylic oxidation sites excluding steroid dienone is 2. The Morgan fingerprint density at radius 3 is 1.69 bits per heavy atom. The fraction of sp³-hybridized carbons (Fsp3) is 0.263. The average Bonchev–Trinajstić information content (AvgIpc) is 3.46. The fourth-order valence-corrected chi connectivity index (χ4v) is 8.16. The summed E-state index contributed by atoms with van der Waals surface area (Å²) < 4.78 is 0. The van der Waals surface area contributed by atoms with E-state index in [1.54, 1.807) is 36.4 Å². The Balaban J connectivity index is 1.33. The number of imide groups is 2. The van der Waals surface area contributed by atoms with Crippen molar-refractivity contribution in [2.75, 3.05) is 9.80 Å². The number of aryl methyl sites for hydroxylation is 2. The zero-order valence-corrected chi connectivity index (χ0v) is 25.3. The molecular formula is C38H34N2O5. The Morgan fingerprint density at radius 2 is 1.18 bits per heavy atom. The molecule has 0 spiro atoms.